The van der Waals surface area contributed by atoms with Crippen LogP contribution in [0.15, 0.2) is 24.3 Å². The molecule has 4 nitrogen and oxygen atoms in total. The second-order valence-corrected chi connectivity index (χ2v) is 4.47. The first-order valence-corrected chi connectivity index (χ1v) is 5.64. The first-order valence-electron chi connectivity index (χ1n) is 5.64. The van der Waals surface area contributed by atoms with E-state index in [1.807, 2.05) is 0 Å². The molecule has 1 aliphatic heterocycles. The Morgan fingerprint density at radius 1 is 1.35 bits per heavy atom. The SMILES string of the molecule is CC(C)[C@H]1COC(=O)N1c1ccc(C=O)cc1. The van der Waals surface area contributed by atoms with Gasteiger partial charge in [0.2, 0.25) is 0 Å². The maximum Gasteiger partial charge on any atom is 0.414 e. The fraction of sp³-hybridized carbons (Fsp3) is 0.385. The largest absolute Gasteiger partial charge is 0.447 e. The minimum atomic E-state index is -0.317. The van der Waals surface area contributed by atoms with Crippen molar-refractivity contribution in [2.45, 2.75) is 19.9 Å². The molecule has 90 valence electrons. The lowest BCUT2D eigenvalue weighted by Crippen LogP contribution is -2.37. The van der Waals surface area contributed by atoms with Gasteiger partial charge in [0, 0.05) is 11.3 Å². The van der Waals surface area contributed by atoms with Crippen LogP contribution in [0.25, 0.3) is 0 Å². The van der Waals surface area contributed by atoms with Gasteiger partial charge in [-0.3, -0.25) is 9.69 Å². The second-order valence-electron chi connectivity index (χ2n) is 4.47. The molecule has 1 aromatic carbocycles. The maximum atomic E-state index is 11.7. The van der Waals surface area contributed by atoms with E-state index in [4.69, 9.17) is 4.74 Å². The normalized spacial score (nSPS) is 19.6. The summed E-state index contributed by atoms with van der Waals surface area (Å²) in [5.41, 5.74) is 1.37. The highest BCUT2D eigenvalue weighted by molar-refractivity contribution is 5.90. The predicted octanol–water partition coefficient (Wildman–Crippen LogP) is 2.48. The van der Waals surface area contributed by atoms with E-state index in [1.165, 1.54) is 0 Å². The number of carbonyl (C=O) groups is 2. The number of amides is 1. The van der Waals surface area contributed by atoms with Crippen molar-refractivity contribution < 1.29 is 14.3 Å². The summed E-state index contributed by atoms with van der Waals surface area (Å²) in [5, 5.41) is 0. The van der Waals surface area contributed by atoms with Gasteiger partial charge in [-0.25, -0.2) is 4.79 Å². The summed E-state index contributed by atoms with van der Waals surface area (Å²) in [6.45, 7) is 4.53. The summed E-state index contributed by atoms with van der Waals surface area (Å²) in [5.74, 6) is 0.326. The second kappa shape index (κ2) is 4.57. The summed E-state index contributed by atoms with van der Waals surface area (Å²) in [6.07, 6.45) is 0.467. The molecule has 1 amide bonds. The molecule has 2 rings (SSSR count). The van der Waals surface area contributed by atoms with E-state index in [0.717, 1.165) is 12.0 Å². The number of anilines is 1. The van der Waals surface area contributed by atoms with Gasteiger partial charge in [0.1, 0.15) is 12.9 Å². The van der Waals surface area contributed by atoms with Crippen molar-refractivity contribution in [2.75, 3.05) is 11.5 Å². The van der Waals surface area contributed by atoms with E-state index in [9.17, 15) is 9.59 Å². The number of carbonyl (C=O) groups excluding carboxylic acids is 2. The highest BCUT2D eigenvalue weighted by Gasteiger charge is 2.35. The number of cyclic esters (lactones) is 1. The van der Waals surface area contributed by atoms with Crippen molar-refractivity contribution in [3.63, 3.8) is 0 Å². The molecule has 1 atom stereocenters. The van der Waals surface area contributed by atoms with E-state index in [0.29, 0.717) is 18.1 Å². The van der Waals surface area contributed by atoms with E-state index < -0.39 is 0 Å². The van der Waals surface area contributed by atoms with Crippen LogP contribution in [0.1, 0.15) is 24.2 Å². The van der Waals surface area contributed by atoms with Gasteiger partial charge < -0.3 is 4.74 Å². The van der Waals surface area contributed by atoms with Gasteiger partial charge in [-0.1, -0.05) is 13.8 Å². The van der Waals surface area contributed by atoms with Crippen LogP contribution in [0.2, 0.25) is 0 Å². The highest BCUT2D eigenvalue weighted by Crippen LogP contribution is 2.26. The molecule has 1 heterocycles. The minimum Gasteiger partial charge on any atom is -0.447 e. The number of hydrogen-bond donors (Lipinski definition) is 0. The molecule has 1 aliphatic rings. The predicted molar refractivity (Wildman–Crippen MR) is 64.3 cm³/mol. The van der Waals surface area contributed by atoms with Crippen LogP contribution < -0.4 is 4.90 Å². The van der Waals surface area contributed by atoms with Crippen LogP contribution in [0.3, 0.4) is 0 Å². The molecule has 4 heteroatoms. The van der Waals surface area contributed by atoms with Crippen molar-refractivity contribution in [3.8, 4) is 0 Å². The summed E-state index contributed by atoms with van der Waals surface area (Å²) in [4.78, 5) is 23.9. The standard InChI is InChI=1S/C13H15NO3/c1-9(2)12-8-17-13(16)14(12)11-5-3-10(7-15)4-6-11/h3-7,9,12H,8H2,1-2H3/t12-/m1/s1. The van der Waals surface area contributed by atoms with Crippen molar-refractivity contribution in [1.82, 2.24) is 0 Å². The molecule has 0 aliphatic carbocycles. The number of aldehydes is 1. The Morgan fingerprint density at radius 2 is 2.00 bits per heavy atom. The van der Waals surface area contributed by atoms with E-state index >= 15 is 0 Å². The van der Waals surface area contributed by atoms with Gasteiger partial charge in [-0.15, -0.1) is 0 Å². The van der Waals surface area contributed by atoms with Gasteiger partial charge in [0.05, 0.1) is 6.04 Å². The molecule has 0 unspecified atom stereocenters. The zero-order chi connectivity index (χ0) is 12.4. The van der Waals surface area contributed by atoms with Crippen LogP contribution in [-0.4, -0.2) is 25.0 Å². The van der Waals surface area contributed by atoms with Crippen LogP contribution in [0, 0.1) is 5.92 Å². The Hall–Kier alpha value is -1.84. The lowest BCUT2D eigenvalue weighted by atomic mass is 10.0. The molecule has 1 saturated heterocycles. The monoisotopic (exact) mass is 233 g/mol. The fourth-order valence-electron chi connectivity index (χ4n) is 1.94. The van der Waals surface area contributed by atoms with Gasteiger partial charge in [-0.05, 0) is 30.2 Å². The topological polar surface area (TPSA) is 46.6 Å². The molecule has 0 spiro atoms. The Morgan fingerprint density at radius 3 is 2.53 bits per heavy atom. The number of benzene rings is 1. The third-order valence-corrected chi connectivity index (χ3v) is 2.98. The van der Waals surface area contributed by atoms with Gasteiger partial charge >= 0.3 is 6.09 Å². The minimum absolute atomic E-state index is 0.0598. The molecule has 0 bridgehead atoms. The summed E-state index contributed by atoms with van der Waals surface area (Å²) in [7, 11) is 0. The van der Waals surface area contributed by atoms with Crippen LogP contribution >= 0.6 is 0 Å². The zero-order valence-electron chi connectivity index (χ0n) is 9.92. The quantitative estimate of drug-likeness (QED) is 0.753. The van der Waals surface area contributed by atoms with Crippen LogP contribution in [0.5, 0.6) is 0 Å². The zero-order valence-corrected chi connectivity index (χ0v) is 9.92. The molecule has 1 aromatic rings. The molecule has 0 aromatic heterocycles. The Bertz CT molecular complexity index is 425. The van der Waals surface area contributed by atoms with Crippen molar-refractivity contribution in [2.24, 2.45) is 5.92 Å². The average Bonchev–Trinajstić information content (AvgIpc) is 2.71. The average molecular weight is 233 g/mol. The number of ether oxygens (including phenoxy) is 1. The van der Waals surface area contributed by atoms with E-state index in [2.05, 4.69) is 13.8 Å². The van der Waals surface area contributed by atoms with Crippen LogP contribution in [-0.2, 0) is 4.74 Å². The van der Waals surface area contributed by atoms with Crippen molar-refractivity contribution >= 4 is 18.1 Å². The number of hydrogen-bond acceptors (Lipinski definition) is 3. The lowest BCUT2D eigenvalue weighted by molar-refractivity contribution is 0.112. The first-order chi connectivity index (χ1) is 8.13. The summed E-state index contributed by atoms with van der Waals surface area (Å²) < 4.78 is 5.07. The third-order valence-electron chi connectivity index (χ3n) is 2.98. The Labute approximate surface area is 100 Å². The van der Waals surface area contributed by atoms with Crippen molar-refractivity contribution in [3.05, 3.63) is 29.8 Å². The fourth-order valence-corrected chi connectivity index (χ4v) is 1.94. The maximum absolute atomic E-state index is 11.7. The third kappa shape index (κ3) is 2.16. The van der Waals surface area contributed by atoms with Crippen molar-refractivity contribution in [1.29, 1.82) is 0 Å². The Balaban J connectivity index is 2.29. The summed E-state index contributed by atoms with van der Waals surface area (Å²) in [6, 6.07) is 7.00. The lowest BCUT2D eigenvalue weighted by Gasteiger charge is -2.24. The van der Waals surface area contributed by atoms with E-state index in [-0.39, 0.29) is 12.1 Å². The first kappa shape index (κ1) is 11.6. The summed E-state index contributed by atoms with van der Waals surface area (Å²) >= 11 is 0. The van der Waals surface area contributed by atoms with E-state index in [1.54, 1.807) is 29.2 Å². The van der Waals surface area contributed by atoms with Gasteiger partial charge in [0.25, 0.3) is 0 Å². The smallest absolute Gasteiger partial charge is 0.414 e. The molecule has 17 heavy (non-hydrogen) atoms. The highest BCUT2D eigenvalue weighted by atomic mass is 16.6. The van der Waals surface area contributed by atoms with Gasteiger partial charge in [0.15, 0.2) is 0 Å². The molecule has 0 N–H and O–H groups in total. The number of nitrogens with zero attached hydrogens (tertiary/aromatic N) is 1. The molecule has 0 radical (unpaired) electrons. The van der Waals surface area contributed by atoms with Crippen LogP contribution in [0.4, 0.5) is 10.5 Å². The molecule has 0 saturated carbocycles. The molecule has 1 fully saturated rings. The number of rotatable bonds is 3. The Kier molecular flexibility index (Phi) is 3.13. The van der Waals surface area contributed by atoms with Gasteiger partial charge in [-0.2, -0.15) is 0 Å². The molecular formula is C13H15NO3. The molecular weight excluding hydrogens is 218 g/mol.